The second-order valence-electron chi connectivity index (χ2n) is 5.80. The van der Waals surface area contributed by atoms with Crippen LogP contribution in [0.15, 0.2) is 53.0 Å². The highest BCUT2D eigenvalue weighted by molar-refractivity contribution is 9.10. The molecule has 2 aromatic rings. The third kappa shape index (κ3) is 3.67. The lowest BCUT2D eigenvalue weighted by atomic mass is 10.1. The first kappa shape index (κ1) is 16.7. The molecule has 1 aliphatic heterocycles. The highest BCUT2D eigenvalue weighted by Crippen LogP contribution is 2.28. The van der Waals surface area contributed by atoms with Gasteiger partial charge in [0, 0.05) is 16.7 Å². The molecule has 0 aliphatic carbocycles. The van der Waals surface area contributed by atoms with E-state index in [1.807, 2.05) is 48.5 Å². The third-order valence-corrected chi connectivity index (χ3v) is 4.60. The van der Waals surface area contributed by atoms with Crippen LogP contribution in [0.3, 0.4) is 0 Å². The van der Waals surface area contributed by atoms with Gasteiger partial charge in [-0.05, 0) is 42.7 Å². The van der Waals surface area contributed by atoms with Gasteiger partial charge in [-0.2, -0.15) is 0 Å². The third-order valence-electron chi connectivity index (χ3n) is 4.07. The zero-order valence-electron chi connectivity index (χ0n) is 13.4. The van der Waals surface area contributed by atoms with E-state index in [1.54, 1.807) is 11.8 Å². The normalized spacial score (nSPS) is 14.2. The Bertz CT molecular complexity index is 757. The van der Waals surface area contributed by atoms with Gasteiger partial charge in [-0.3, -0.25) is 9.59 Å². The van der Waals surface area contributed by atoms with Crippen LogP contribution < -0.4 is 4.90 Å². The molecule has 0 radical (unpaired) electrons. The van der Waals surface area contributed by atoms with E-state index in [9.17, 15) is 9.59 Å². The molecule has 0 saturated heterocycles. The van der Waals surface area contributed by atoms with Crippen molar-refractivity contribution >= 4 is 33.5 Å². The molecular weight excluding hydrogens is 370 g/mol. The summed E-state index contributed by atoms with van der Waals surface area (Å²) in [5.41, 5.74) is 2.92. The molecule has 2 aromatic carbocycles. The number of benzene rings is 2. The lowest BCUT2D eigenvalue weighted by Crippen LogP contribution is -2.39. The number of rotatable bonds is 4. The summed E-state index contributed by atoms with van der Waals surface area (Å²) in [6, 6.07) is 15.3. The summed E-state index contributed by atoms with van der Waals surface area (Å²) >= 11 is 3.36. The van der Waals surface area contributed by atoms with E-state index in [0.717, 1.165) is 27.7 Å². The van der Waals surface area contributed by atoms with E-state index in [2.05, 4.69) is 15.9 Å². The topological polar surface area (TPSA) is 46.6 Å². The molecule has 1 atom stereocenters. The van der Waals surface area contributed by atoms with E-state index in [0.29, 0.717) is 6.54 Å². The Kier molecular flexibility index (Phi) is 5.00. The monoisotopic (exact) mass is 387 g/mol. The zero-order chi connectivity index (χ0) is 17.1. The molecule has 0 bridgehead atoms. The molecule has 0 N–H and O–H groups in total. The van der Waals surface area contributed by atoms with Crippen molar-refractivity contribution in [3.63, 3.8) is 0 Å². The molecule has 0 unspecified atom stereocenters. The van der Waals surface area contributed by atoms with Crippen molar-refractivity contribution in [2.75, 3.05) is 11.4 Å². The van der Waals surface area contributed by atoms with Crippen molar-refractivity contribution < 1.29 is 14.3 Å². The number of carbonyl (C=O) groups is 2. The number of halogens is 1. The molecule has 0 spiro atoms. The predicted octanol–water partition coefficient (Wildman–Crippen LogP) is 3.51. The standard InChI is InChI=1S/C19H18BrNO3/c1-13(24-18(22)12-14-6-8-16(20)9-7-14)19(23)21-11-10-15-4-2-3-5-17(15)21/h2-9,13H,10-12H2,1H3/t13-/m0/s1. The largest absolute Gasteiger partial charge is 0.452 e. The summed E-state index contributed by atoms with van der Waals surface area (Å²) < 4.78 is 6.29. The van der Waals surface area contributed by atoms with E-state index in [-0.39, 0.29) is 12.3 Å². The molecule has 3 rings (SSSR count). The number of anilines is 1. The van der Waals surface area contributed by atoms with Gasteiger partial charge in [-0.25, -0.2) is 0 Å². The lowest BCUT2D eigenvalue weighted by Gasteiger charge is -2.21. The number of ether oxygens (including phenoxy) is 1. The predicted molar refractivity (Wildman–Crippen MR) is 95.9 cm³/mol. The minimum Gasteiger partial charge on any atom is -0.452 e. The van der Waals surface area contributed by atoms with Gasteiger partial charge in [0.2, 0.25) is 0 Å². The second kappa shape index (κ2) is 7.18. The number of fused-ring (bicyclic) bond motifs is 1. The maximum absolute atomic E-state index is 12.6. The SMILES string of the molecule is C[C@H](OC(=O)Cc1ccc(Br)cc1)C(=O)N1CCc2ccccc21. The molecule has 124 valence electrons. The molecule has 4 nitrogen and oxygen atoms in total. The molecule has 5 heteroatoms. The van der Waals surface area contributed by atoms with Crippen LogP contribution in [0.2, 0.25) is 0 Å². The first-order valence-electron chi connectivity index (χ1n) is 7.88. The molecule has 1 heterocycles. The average molecular weight is 388 g/mol. The van der Waals surface area contributed by atoms with Crippen LogP contribution >= 0.6 is 15.9 Å². The Labute approximate surface area is 149 Å². The maximum Gasteiger partial charge on any atom is 0.311 e. The lowest BCUT2D eigenvalue weighted by molar-refractivity contribution is -0.153. The van der Waals surface area contributed by atoms with Crippen molar-refractivity contribution in [2.45, 2.75) is 25.9 Å². The number of nitrogens with zero attached hydrogens (tertiary/aromatic N) is 1. The molecule has 1 amide bonds. The Balaban J connectivity index is 1.60. The fraction of sp³-hybridized carbons (Fsp3) is 0.263. The number of para-hydroxylation sites is 1. The van der Waals surface area contributed by atoms with Crippen LogP contribution in [0.25, 0.3) is 0 Å². The number of amides is 1. The Hall–Kier alpha value is -2.14. The van der Waals surface area contributed by atoms with E-state index >= 15 is 0 Å². The molecule has 0 fully saturated rings. The van der Waals surface area contributed by atoms with Crippen LogP contribution in [0, 0.1) is 0 Å². The first-order valence-corrected chi connectivity index (χ1v) is 8.67. The van der Waals surface area contributed by atoms with Crippen molar-refractivity contribution in [1.29, 1.82) is 0 Å². The molecule has 24 heavy (non-hydrogen) atoms. The summed E-state index contributed by atoms with van der Waals surface area (Å²) in [5, 5.41) is 0. The summed E-state index contributed by atoms with van der Waals surface area (Å²) in [5.74, 6) is -0.574. The van der Waals surface area contributed by atoms with Gasteiger partial charge >= 0.3 is 5.97 Å². The second-order valence-corrected chi connectivity index (χ2v) is 6.72. The Morgan fingerprint density at radius 2 is 1.88 bits per heavy atom. The average Bonchev–Trinajstić information content (AvgIpc) is 3.00. The zero-order valence-corrected chi connectivity index (χ0v) is 15.0. The minimum absolute atomic E-state index is 0.154. The van der Waals surface area contributed by atoms with Crippen molar-refractivity contribution in [3.8, 4) is 0 Å². The smallest absolute Gasteiger partial charge is 0.311 e. The first-order chi connectivity index (χ1) is 11.5. The Morgan fingerprint density at radius 3 is 2.62 bits per heavy atom. The van der Waals surface area contributed by atoms with Crippen molar-refractivity contribution in [1.82, 2.24) is 0 Å². The van der Waals surface area contributed by atoms with Crippen LogP contribution in [0.5, 0.6) is 0 Å². The summed E-state index contributed by atoms with van der Waals surface area (Å²) in [6.45, 7) is 2.26. The van der Waals surface area contributed by atoms with E-state index < -0.39 is 12.1 Å². The van der Waals surface area contributed by atoms with Crippen molar-refractivity contribution in [3.05, 3.63) is 64.1 Å². The number of carbonyl (C=O) groups excluding carboxylic acids is 2. The van der Waals surface area contributed by atoms with Crippen LogP contribution in [0.4, 0.5) is 5.69 Å². The minimum atomic E-state index is -0.792. The van der Waals surface area contributed by atoms with Crippen LogP contribution in [-0.4, -0.2) is 24.5 Å². The van der Waals surface area contributed by atoms with Gasteiger partial charge in [0.05, 0.1) is 6.42 Å². The summed E-state index contributed by atoms with van der Waals surface area (Å²) in [6.07, 6.45) is 0.197. The molecular formula is C19H18BrNO3. The fourth-order valence-corrected chi connectivity index (χ4v) is 3.11. The van der Waals surface area contributed by atoms with E-state index in [1.165, 1.54) is 0 Å². The van der Waals surface area contributed by atoms with Crippen molar-refractivity contribution in [2.24, 2.45) is 0 Å². The van der Waals surface area contributed by atoms with Gasteiger partial charge in [-0.15, -0.1) is 0 Å². The van der Waals surface area contributed by atoms with Crippen LogP contribution in [-0.2, 0) is 27.2 Å². The quantitative estimate of drug-likeness (QED) is 0.754. The van der Waals surface area contributed by atoms with Gasteiger partial charge in [0.15, 0.2) is 6.10 Å². The molecule has 1 aliphatic rings. The van der Waals surface area contributed by atoms with Gasteiger partial charge in [0.1, 0.15) is 0 Å². The Morgan fingerprint density at radius 1 is 1.17 bits per heavy atom. The number of hydrogen-bond donors (Lipinski definition) is 0. The number of esters is 1. The molecule has 0 saturated carbocycles. The van der Waals surface area contributed by atoms with Gasteiger partial charge < -0.3 is 9.64 Å². The van der Waals surface area contributed by atoms with E-state index in [4.69, 9.17) is 4.74 Å². The number of hydrogen-bond acceptors (Lipinski definition) is 3. The fourth-order valence-electron chi connectivity index (χ4n) is 2.84. The summed E-state index contributed by atoms with van der Waals surface area (Å²) in [4.78, 5) is 26.4. The highest BCUT2D eigenvalue weighted by atomic mass is 79.9. The highest BCUT2D eigenvalue weighted by Gasteiger charge is 2.29. The van der Waals surface area contributed by atoms with Gasteiger partial charge in [-0.1, -0.05) is 46.3 Å². The maximum atomic E-state index is 12.6. The molecule has 0 aromatic heterocycles. The summed E-state index contributed by atoms with van der Waals surface area (Å²) in [7, 11) is 0. The van der Waals surface area contributed by atoms with Gasteiger partial charge in [0.25, 0.3) is 5.91 Å². The van der Waals surface area contributed by atoms with Crippen LogP contribution in [0.1, 0.15) is 18.1 Å².